The van der Waals surface area contributed by atoms with Gasteiger partial charge in [-0.2, -0.15) is 4.80 Å². The van der Waals surface area contributed by atoms with Crippen LogP contribution in [0.2, 0.25) is 0 Å². The van der Waals surface area contributed by atoms with Crippen LogP contribution in [-0.2, 0) is 11.3 Å². The molecule has 0 bridgehead atoms. The predicted octanol–water partition coefficient (Wildman–Crippen LogP) is 6.05. The standard InChI is InChI=1S/C27H43N5O4/c1-7-8-9-10-11-12-13-14-15-16-17-32-30-26(29-31-32)24(20(2)3)27(33)28-25-22(35-5)18-21(34-4)19-23(25)36-6/h18-19H,7-17H2,1-6H3,(H,28,33). The number of aryl methyl sites for hydroxylation is 1. The van der Waals surface area contributed by atoms with Crippen LogP contribution in [0.3, 0.4) is 0 Å². The van der Waals surface area contributed by atoms with Crippen molar-refractivity contribution in [1.82, 2.24) is 20.2 Å². The Kier molecular flexibility index (Phi) is 12.8. The molecule has 0 aliphatic carbocycles. The van der Waals surface area contributed by atoms with Crippen LogP contribution in [0.1, 0.15) is 90.8 Å². The summed E-state index contributed by atoms with van der Waals surface area (Å²) < 4.78 is 16.2. The lowest BCUT2D eigenvalue weighted by molar-refractivity contribution is -0.111. The van der Waals surface area contributed by atoms with E-state index in [2.05, 4.69) is 27.7 Å². The highest BCUT2D eigenvalue weighted by Gasteiger charge is 2.23. The molecule has 0 unspecified atom stereocenters. The van der Waals surface area contributed by atoms with E-state index in [9.17, 15) is 4.79 Å². The molecule has 0 spiro atoms. The molecular formula is C27H43N5O4. The molecule has 1 amide bonds. The number of nitrogens with one attached hydrogen (secondary N) is 1. The van der Waals surface area contributed by atoms with Gasteiger partial charge in [-0.25, -0.2) is 0 Å². The lowest BCUT2D eigenvalue weighted by atomic mass is 10.1. The van der Waals surface area contributed by atoms with Crippen LogP contribution in [0.4, 0.5) is 5.69 Å². The van der Waals surface area contributed by atoms with E-state index in [0.29, 0.717) is 40.9 Å². The SMILES string of the molecule is CCCCCCCCCCCCn1nnc(C(C(=O)Nc2c(OC)cc(OC)cc2OC)=C(C)C)n1. The van der Waals surface area contributed by atoms with Crippen LogP contribution < -0.4 is 19.5 Å². The molecule has 2 rings (SSSR count). The molecular weight excluding hydrogens is 458 g/mol. The summed E-state index contributed by atoms with van der Waals surface area (Å²) in [5, 5.41) is 15.7. The van der Waals surface area contributed by atoms with Crippen molar-refractivity contribution in [1.29, 1.82) is 0 Å². The average Bonchev–Trinajstić information content (AvgIpc) is 3.33. The maximum absolute atomic E-state index is 13.3. The highest BCUT2D eigenvalue weighted by atomic mass is 16.5. The Balaban J connectivity index is 1.95. The number of hydrogen-bond acceptors (Lipinski definition) is 7. The molecule has 1 aromatic heterocycles. The Morgan fingerprint density at radius 3 is 1.92 bits per heavy atom. The molecule has 0 saturated carbocycles. The normalized spacial score (nSPS) is 10.7. The summed E-state index contributed by atoms with van der Waals surface area (Å²) in [7, 11) is 4.59. The van der Waals surface area contributed by atoms with E-state index in [-0.39, 0.29) is 5.91 Å². The Bertz CT molecular complexity index is 957. The Labute approximate surface area is 215 Å². The number of hydrogen-bond donors (Lipinski definition) is 1. The minimum absolute atomic E-state index is 0.297. The van der Waals surface area contributed by atoms with Crippen LogP contribution >= 0.6 is 0 Å². The molecule has 0 radical (unpaired) electrons. The van der Waals surface area contributed by atoms with Crippen molar-refractivity contribution < 1.29 is 19.0 Å². The van der Waals surface area contributed by atoms with Gasteiger partial charge in [0.05, 0.1) is 33.4 Å². The number of aromatic nitrogens is 4. The summed E-state index contributed by atoms with van der Waals surface area (Å²) in [5.74, 6) is 1.33. The summed E-state index contributed by atoms with van der Waals surface area (Å²) in [6, 6.07) is 3.36. The van der Waals surface area contributed by atoms with Crippen LogP contribution in [0.25, 0.3) is 5.57 Å². The minimum atomic E-state index is -0.366. The van der Waals surface area contributed by atoms with E-state index in [1.54, 1.807) is 24.0 Å². The fourth-order valence-electron chi connectivity index (χ4n) is 4.04. The molecule has 0 atom stereocenters. The molecule has 0 saturated heterocycles. The van der Waals surface area contributed by atoms with E-state index in [1.165, 1.54) is 65.6 Å². The third-order valence-electron chi connectivity index (χ3n) is 6.07. The van der Waals surface area contributed by atoms with Crippen LogP contribution in [-0.4, -0.2) is 47.4 Å². The molecule has 9 heteroatoms. The number of ether oxygens (including phenoxy) is 3. The van der Waals surface area contributed by atoms with Gasteiger partial charge in [0.1, 0.15) is 22.9 Å². The van der Waals surface area contributed by atoms with Gasteiger partial charge in [0.2, 0.25) is 5.82 Å². The van der Waals surface area contributed by atoms with Gasteiger partial charge in [0.25, 0.3) is 5.91 Å². The Morgan fingerprint density at radius 2 is 1.42 bits per heavy atom. The number of carbonyl (C=O) groups is 1. The number of methoxy groups -OCH3 is 3. The quantitative estimate of drug-likeness (QED) is 0.208. The van der Waals surface area contributed by atoms with Crippen molar-refractivity contribution in [3.8, 4) is 17.2 Å². The average molecular weight is 502 g/mol. The zero-order chi connectivity index (χ0) is 26.3. The first kappa shape index (κ1) is 29.1. The van der Waals surface area contributed by atoms with E-state index in [0.717, 1.165) is 18.4 Å². The zero-order valence-electron chi connectivity index (χ0n) is 22.9. The summed E-state index contributed by atoms with van der Waals surface area (Å²) in [5.41, 5.74) is 1.55. The van der Waals surface area contributed by atoms with Gasteiger partial charge in [0, 0.05) is 12.1 Å². The zero-order valence-corrected chi connectivity index (χ0v) is 22.9. The molecule has 1 aromatic carbocycles. The number of rotatable bonds is 17. The molecule has 0 aliphatic heterocycles. The largest absolute Gasteiger partial charge is 0.496 e. The first-order valence-corrected chi connectivity index (χ1v) is 13.0. The lowest BCUT2D eigenvalue weighted by Crippen LogP contribution is -2.17. The third kappa shape index (κ3) is 8.84. The first-order chi connectivity index (χ1) is 17.4. The van der Waals surface area contributed by atoms with Crippen molar-refractivity contribution in [2.75, 3.05) is 26.6 Å². The molecule has 2 aromatic rings. The number of benzene rings is 1. The molecule has 0 aliphatic rings. The van der Waals surface area contributed by atoms with Gasteiger partial charge in [-0.1, -0.05) is 70.3 Å². The first-order valence-electron chi connectivity index (χ1n) is 13.0. The van der Waals surface area contributed by atoms with Gasteiger partial charge in [-0.05, 0) is 25.5 Å². The highest BCUT2D eigenvalue weighted by Crippen LogP contribution is 2.39. The fraction of sp³-hybridized carbons (Fsp3) is 0.630. The smallest absolute Gasteiger partial charge is 0.259 e. The van der Waals surface area contributed by atoms with Crippen molar-refractivity contribution in [3.63, 3.8) is 0 Å². The van der Waals surface area contributed by atoms with E-state index in [1.807, 2.05) is 13.8 Å². The fourth-order valence-corrected chi connectivity index (χ4v) is 4.04. The number of amides is 1. The van der Waals surface area contributed by atoms with Gasteiger partial charge in [-0.15, -0.1) is 10.2 Å². The van der Waals surface area contributed by atoms with Gasteiger partial charge >= 0.3 is 0 Å². The summed E-state index contributed by atoms with van der Waals surface area (Å²) in [6.07, 6.45) is 12.7. The minimum Gasteiger partial charge on any atom is -0.496 e. The second kappa shape index (κ2) is 15.8. The van der Waals surface area contributed by atoms with Gasteiger partial charge < -0.3 is 19.5 Å². The molecule has 1 heterocycles. The van der Waals surface area contributed by atoms with Crippen molar-refractivity contribution in [2.45, 2.75) is 91.5 Å². The van der Waals surface area contributed by atoms with E-state index < -0.39 is 0 Å². The molecule has 200 valence electrons. The maximum Gasteiger partial charge on any atom is 0.259 e. The van der Waals surface area contributed by atoms with Crippen LogP contribution in [0, 0.1) is 0 Å². The summed E-state index contributed by atoms with van der Waals surface area (Å²) in [4.78, 5) is 14.8. The Morgan fingerprint density at radius 1 is 0.861 bits per heavy atom. The second-order valence-corrected chi connectivity index (χ2v) is 9.13. The predicted molar refractivity (Wildman–Crippen MR) is 143 cm³/mol. The van der Waals surface area contributed by atoms with E-state index in [4.69, 9.17) is 14.2 Å². The maximum atomic E-state index is 13.3. The highest BCUT2D eigenvalue weighted by molar-refractivity contribution is 6.25. The second-order valence-electron chi connectivity index (χ2n) is 9.13. The number of unbranched alkanes of at least 4 members (excludes halogenated alkanes) is 9. The summed E-state index contributed by atoms with van der Waals surface area (Å²) >= 11 is 0. The number of anilines is 1. The molecule has 36 heavy (non-hydrogen) atoms. The topological polar surface area (TPSA) is 100 Å². The lowest BCUT2D eigenvalue weighted by Gasteiger charge is -2.16. The molecule has 0 fully saturated rings. The van der Waals surface area contributed by atoms with Crippen LogP contribution in [0.5, 0.6) is 17.2 Å². The molecule has 9 nitrogen and oxygen atoms in total. The van der Waals surface area contributed by atoms with Crippen molar-refractivity contribution in [3.05, 3.63) is 23.5 Å². The van der Waals surface area contributed by atoms with Crippen molar-refractivity contribution >= 4 is 17.2 Å². The van der Waals surface area contributed by atoms with E-state index >= 15 is 0 Å². The Hall–Kier alpha value is -3.10. The van der Waals surface area contributed by atoms with Crippen LogP contribution in [0.15, 0.2) is 17.7 Å². The number of tetrazole rings is 1. The third-order valence-corrected chi connectivity index (χ3v) is 6.07. The number of nitrogens with zero attached hydrogens (tertiary/aromatic N) is 4. The molecule has 1 N–H and O–H groups in total. The monoisotopic (exact) mass is 501 g/mol. The van der Waals surface area contributed by atoms with Gasteiger partial charge in [-0.3, -0.25) is 4.79 Å². The van der Waals surface area contributed by atoms with Crippen molar-refractivity contribution in [2.24, 2.45) is 0 Å². The number of allylic oxidation sites excluding steroid dienone is 1. The summed E-state index contributed by atoms with van der Waals surface area (Å²) in [6.45, 7) is 6.63. The van der Waals surface area contributed by atoms with Gasteiger partial charge in [0.15, 0.2) is 0 Å². The number of carbonyl (C=O) groups excluding carboxylic acids is 1.